The maximum atomic E-state index is 12.0. The Bertz CT molecular complexity index is 630. The molecule has 0 amide bonds. The van der Waals surface area contributed by atoms with Gasteiger partial charge in [0.05, 0.1) is 12.3 Å². The molecule has 3 nitrogen and oxygen atoms in total. The summed E-state index contributed by atoms with van der Waals surface area (Å²) in [6, 6.07) is 15.1. The largest absolute Gasteiger partial charge is 0.492 e. The highest BCUT2D eigenvalue weighted by atomic mass is 16.5. The number of carbonyl (C=O) groups excluding carboxylic acids is 1. The Morgan fingerprint density at radius 1 is 1.14 bits per heavy atom. The third-order valence-corrected chi connectivity index (χ3v) is 3.00. The molecule has 0 aromatic heterocycles. The zero-order chi connectivity index (χ0) is 15.1. The minimum Gasteiger partial charge on any atom is -0.492 e. The van der Waals surface area contributed by atoms with E-state index in [4.69, 9.17) is 4.74 Å². The number of allylic oxidation sites excluding steroid dienone is 1. The van der Waals surface area contributed by atoms with Crippen LogP contribution in [0.15, 0.2) is 60.8 Å². The van der Waals surface area contributed by atoms with Crippen LogP contribution in [0, 0.1) is 6.92 Å². The number of aryl methyl sites for hydroxylation is 1. The summed E-state index contributed by atoms with van der Waals surface area (Å²) < 4.78 is 5.51. The van der Waals surface area contributed by atoms with Crippen LogP contribution in [0.5, 0.6) is 5.75 Å². The van der Waals surface area contributed by atoms with Gasteiger partial charge in [0.15, 0.2) is 5.78 Å². The number of benzene rings is 2. The number of anilines is 1. The van der Waals surface area contributed by atoms with Crippen molar-refractivity contribution in [3.63, 3.8) is 0 Å². The van der Waals surface area contributed by atoms with Gasteiger partial charge in [-0.25, -0.2) is 0 Å². The number of hydrogen-bond acceptors (Lipinski definition) is 3. The first-order valence-corrected chi connectivity index (χ1v) is 6.96. The molecule has 0 spiro atoms. The quantitative estimate of drug-likeness (QED) is 0.637. The van der Waals surface area contributed by atoms with Crippen LogP contribution >= 0.6 is 0 Å². The van der Waals surface area contributed by atoms with Gasteiger partial charge >= 0.3 is 0 Å². The van der Waals surface area contributed by atoms with Crippen molar-refractivity contribution in [3.8, 4) is 5.75 Å². The van der Waals surface area contributed by atoms with E-state index < -0.39 is 0 Å². The number of ketones is 1. The monoisotopic (exact) mass is 281 g/mol. The normalized spacial score (nSPS) is 10.6. The third kappa shape index (κ3) is 4.21. The smallest absolute Gasteiger partial charge is 0.187 e. The molecule has 3 heteroatoms. The lowest BCUT2D eigenvalue weighted by atomic mass is 10.1. The van der Waals surface area contributed by atoms with E-state index in [0.717, 1.165) is 17.0 Å². The lowest BCUT2D eigenvalue weighted by Crippen LogP contribution is -1.98. The van der Waals surface area contributed by atoms with Gasteiger partial charge in [-0.3, -0.25) is 4.79 Å². The third-order valence-electron chi connectivity index (χ3n) is 3.00. The Balaban J connectivity index is 2.02. The van der Waals surface area contributed by atoms with E-state index in [2.05, 4.69) is 5.32 Å². The zero-order valence-electron chi connectivity index (χ0n) is 12.3. The molecule has 2 aromatic rings. The Morgan fingerprint density at radius 2 is 1.86 bits per heavy atom. The van der Waals surface area contributed by atoms with Gasteiger partial charge in [-0.2, -0.15) is 0 Å². The summed E-state index contributed by atoms with van der Waals surface area (Å²) in [6.45, 7) is 4.54. The SMILES string of the molecule is CCOc1ccccc1N/C=C/C(=O)c1ccc(C)cc1. The number of rotatable bonds is 6. The predicted octanol–water partition coefficient (Wildman–Crippen LogP) is 4.20. The second-order valence-corrected chi connectivity index (χ2v) is 4.64. The molecule has 0 aliphatic rings. The summed E-state index contributed by atoms with van der Waals surface area (Å²) in [6.07, 6.45) is 3.16. The average Bonchev–Trinajstić information content (AvgIpc) is 2.50. The molecular weight excluding hydrogens is 262 g/mol. The molecule has 0 saturated carbocycles. The second-order valence-electron chi connectivity index (χ2n) is 4.64. The lowest BCUT2D eigenvalue weighted by molar-refractivity contribution is 0.104. The predicted molar refractivity (Wildman–Crippen MR) is 85.9 cm³/mol. The molecule has 1 N–H and O–H groups in total. The van der Waals surface area contributed by atoms with Crippen molar-refractivity contribution in [1.29, 1.82) is 0 Å². The zero-order valence-corrected chi connectivity index (χ0v) is 12.3. The summed E-state index contributed by atoms with van der Waals surface area (Å²) in [5.74, 6) is 0.740. The van der Waals surface area contributed by atoms with Crippen LogP contribution in [0.3, 0.4) is 0 Å². The van der Waals surface area contributed by atoms with Crippen LogP contribution < -0.4 is 10.1 Å². The van der Waals surface area contributed by atoms with E-state index in [-0.39, 0.29) is 5.78 Å². The van der Waals surface area contributed by atoms with E-state index in [1.54, 1.807) is 6.20 Å². The molecule has 0 atom stereocenters. The number of nitrogens with one attached hydrogen (secondary N) is 1. The van der Waals surface area contributed by atoms with E-state index in [1.165, 1.54) is 6.08 Å². The summed E-state index contributed by atoms with van der Waals surface area (Å²) in [4.78, 5) is 12.0. The van der Waals surface area contributed by atoms with Crippen LogP contribution in [-0.2, 0) is 0 Å². The highest BCUT2D eigenvalue weighted by Gasteiger charge is 2.02. The topological polar surface area (TPSA) is 38.3 Å². The highest BCUT2D eigenvalue weighted by molar-refractivity contribution is 6.04. The van der Waals surface area contributed by atoms with Crippen molar-refractivity contribution in [2.24, 2.45) is 0 Å². The van der Waals surface area contributed by atoms with Gasteiger partial charge in [0.1, 0.15) is 5.75 Å². The Hall–Kier alpha value is -2.55. The Morgan fingerprint density at radius 3 is 2.57 bits per heavy atom. The molecule has 0 aliphatic heterocycles. The maximum Gasteiger partial charge on any atom is 0.187 e. The molecule has 0 radical (unpaired) electrons. The van der Waals surface area contributed by atoms with Crippen molar-refractivity contribution in [3.05, 3.63) is 71.9 Å². The van der Waals surface area contributed by atoms with Gasteiger partial charge in [0.2, 0.25) is 0 Å². The van der Waals surface area contributed by atoms with Gasteiger partial charge in [0, 0.05) is 17.8 Å². The van der Waals surface area contributed by atoms with Crippen molar-refractivity contribution < 1.29 is 9.53 Å². The summed E-state index contributed by atoms with van der Waals surface area (Å²) in [7, 11) is 0. The number of ether oxygens (including phenoxy) is 1. The molecular formula is C18H19NO2. The van der Waals surface area contributed by atoms with Crippen LogP contribution in [0.25, 0.3) is 0 Å². The van der Waals surface area contributed by atoms with Gasteiger partial charge in [-0.05, 0) is 26.0 Å². The summed E-state index contributed by atoms with van der Waals surface area (Å²) in [5.41, 5.74) is 2.66. The van der Waals surface area contributed by atoms with Gasteiger partial charge < -0.3 is 10.1 Å². The fraction of sp³-hybridized carbons (Fsp3) is 0.167. The number of carbonyl (C=O) groups is 1. The first kappa shape index (κ1) is 14.9. The van der Waals surface area contributed by atoms with Gasteiger partial charge in [0.25, 0.3) is 0 Å². The van der Waals surface area contributed by atoms with Crippen molar-refractivity contribution in [1.82, 2.24) is 0 Å². The molecule has 2 rings (SSSR count). The Labute approximate surface area is 125 Å². The average molecular weight is 281 g/mol. The molecule has 0 heterocycles. The number of para-hydroxylation sites is 2. The van der Waals surface area contributed by atoms with Gasteiger partial charge in [-0.1, -0.05) is 42.0 Å². The van der Waals surface area contributed by atoms with Crippen LogP contribution in [0.1, 0.15) is 22.8 Å². The summed E-state index contributed by atoms with van der Waals surface area (Å²) >= 11 is 0. The van der Waals surface area contributed by atoms with Crippen molar-refractivity contribution >= 4 is 11.5 Å². The molecule has 0 bridgehead atoms. The number of hydrogen-bond donors (Lipinski definition) is 1. The van der Waals surface area contributed by atoms with Crippen molar-refractivity contribution in [2.45, 2.75) is 13.8 Å². The van der Waals surface area contributed by atoms with Crippen LogP contribution in [0.4, 0.5) is 5.69 Å². The molecule has 108 valence electrons. The maximum absolute atomic E-state index is 12.0. The first-order chi connectivity index (χ1) is 10.2. The van der Waals surface area contributed by atoms with Crippen LogP contribution in [-0.4, -0.2) is 12.4 Å². The standard InChI is InChI=1S/C18H19NO2/c1-3-21-18-7-5-4-6-16(18)19-13-12-17(20)15-10-8-14(2)9-11-15/h4-13,19H,3H2,1-2H3/b13-12+. The van der Waals surface area contributed by atoms with Crippen LogP contribution in [0.2, 0.25) is 0 Å². The van der Waals surface area contributed by atoms with E-state index in [1.807, 2.05) is 62.4 Å². The lowest BCUT2D eigenvalue weighted by Gasteiger charge is -2.09. The fourth-order valence-corrected chi connectivity index (χ4v) is 1.89. The minimum atomic E-state index is -0.0311. The van der Waals surface area contributed by atoms with E-state index >= 15 is 0 Å². The first-order valence-electron chi connectivity index (χ1n) is 6.96. The van der Waals surface area contributed by atoms with E-state index in [0.29, 0.717) is 12.2 Å². The van der Waals surface area contributed by atoms with Crippen molar-refractivity contribution in [2.75, 3.05) is 11.9 Å². The molecule has 2 aromatic carbocycles. The minimum absolute atomic E-state index is 0.0311. The molecule has 0 saturated heterocycles. The molecule has 0 fully saturated rings. The summed E-state index contributed by atoms with van der Waals surface area (Å²) in [5, 5.41) is 3.08. The highest BCUT2D eigenvalue weighted by Crippen LogP contribution is 2.23. The second kappa shape index (κ2) is 7.29. The van der Waals surface area contributed by atoms with Gasteiger partial charge in [-0.15, -0.1) is 0 Å². The fourth-order valence-electron chi connectivity index (χ4n) is 1.89. The van der Waals surface area contributed by atoms with E-state index in [9.17, 15) is 4.79 Å². The molecule has 0 aliphatic carbocycles. The molecule has 0 unspecified atom stereocenters. The Kier molecular flexibility index (Phi) is 5.16. The molecule has 21 heavy (non-hydrogen) atoms.